The van der Waals surface area contributed by atoms with E-state index in [-0.39, 0.29) is 6.04 Å². The molecule has 2 aromatic heterocycles. The molecule has 2 fully saturated rings. The number of rotatable bonds is 7. The Labute approximate surface area is 222 Å². The van der Waals surface area contributed by atoms with Crippen LogP contribution in [0.1, 0.15) is 93.2 Å². The molecular formula is C27H37N7O4. The van der Waals surface area contributed by atoms with E-state index >= 15 is 0 Å². The van der Waals surface area contributed by atoms with Crippen molar-refractivity contribution in [2.45, 2.75) is 82.5 Å². The fourth-order valence-corrected chi connectivity index (χ4v) is 5.56. The summed E-state index contributed by atoms with van der Waals surface area (Å²) in [5, 5.41) is 37.8. The lowest BCUT2D eigenvalue weighted by atomic mass is 9.85. The summed E-state index contributed by atoms with van der Waals surface area (Å²) in [7, 11) is 2.00. The number of carbonyl (C=O) groups is 1. The number of ether oxygens (including phenoxy) is 1. The number of likely N-dealkylation sites (tertiary alicyclic amines) is 1. The molecule has 2 aliphatic rings. The average Bonchev–Trinajstić information content (AvgIpc) is 3.56. The van der Waals surface area contributed by atoms with Crippen LogP contribution in [0, 0.1) is 0 Å². The van der Waals surface area contributed by atoms with E-state index in [1.807, 2.05) is 30.1 Å². The van der Waals surface area contributed by atoms with E-state index in [9.17, 15) is 15.0 Å². The lowest BCUT2D eigenvalue weighted by Gasteiger charge is -2.35. The highest BCUT2D eigenvalue weighted by atomic mass is 16.5. The highest BCUT2D eigenvalue weighted by Gasteiger charge is 2.38. The van der Waals surface area contributed by atoms with Crippen molar-refractivity contribution in [2.75, 3.05) is 13.1 Å². The van der Waals surface area contributed by atoms with Crippen LogP contribution in [0.3, 0.4) is 0 Å². The second-order valence-electron chi connectivity index (χ2n) is 10.9. The summed E-state index contributed by atoms with van der Waals surface area (Å²) in [6.45, 7) is 5.29. The van der Waals surface area contributed by atoms with Gasteiger partial charge < -0.3 is 24.4 Å². The van der Waals surface area contributed by atoms with E-state index in [1.54, 1.807) is 0 Å². The maximum absolute atomic E-state index is 11.2. The monoisotopic (exact) mass is 523 g/mol. The largest absolute Gasteiger partial charge is 0.486 e. The second-order valence-corrected chi connectivity index (χ2v) is 10.9. The lowest BCUT2D eigenvalue weighted by Crippen LogP contribution is -2.44. The first-order chi connectivity index (χ1) is 18.2. The predicted octanol–water partition coefficient (Wildman–Crippen LogP) is 3.97. The summed E-state index contributed by atoms with van der Waals surface area (Å²) in [6.07, 6.45) is 5.32. The molecule has 0 radical (unpaired) electrons. The van der Waals surface area contributed by atoms with Gasteiger partial charge in [0.2, 0.25) is 0 Å². The van der Waals surface area contributed by atoms with Gasteiger partial charge in [0, 0.05) is 26.1 Å². The molecule has 1 aliphatic heterocycles. The number of amides is 1. The molecule has 2 N–H and O–H groups in total. The van der Waals surface area contributed by atoms with Crippen molar-refractivity contribution in [1.82, 2.24) is 34.7 Å². The number of piperidine rings is 1. The van der Waals surface area contributed by atoms with Crippen molar-refractivity contribution < 1.29 is 19.7 Å². The standard InChI is InChI=1S/C27H37N7O4/c1-18(2)20-5-4-6-22(15-20)38-17-24-29-30-25(32(24)3)19-7-9-21(10-8-19)34-16-23(28-31-34)27(37)11-13-33(14-12-27)26(35)36/h4-6,15-16,18-19,21,37H,7-14,17H2,1-3H3,(H,35,36). The number of aliphatic hydroxyl groups is 1. The molecule has 11 nitrogen and oxygen atoms in total. The smallest absolute Gasteiger partial charge is 0.407 e. The first-order valence-electron chi connectivity index (χ1n) is 13.5. The van der Waals surface area contributed by atoms with Crippen LogP contribution in [0.4, 0.5) is 4.79 Å². The Kier molecular flexibility index (Phi) is 7.38. The molecule has 1 aromatic carbocycles. The summed E-state index contributed by atoms with van der Waals surface area (Å²) in [6, 6.07) is 8.39. The van der Waals surface area contributed by atoms with Crippen molar-refractivity contribution >= 4 is 6.09 Å². The zero-order valence-electron chi connectivity index (χ0n) is 22.3. The van der Waals surface area contributed by atoms with E-state index in [2.05, 4.69) is 51.1 Å². The maximum atomic E-state index is 11.2. The van der Waals surface area contributed by atoms with E-state index in [4.69, 9.17) is 4.74 Å². The van der Waals surface area contributed by atoms with Crippen molar-refractivity contribution in [2.24, 2.45) is 7.05 Å². The highest BCUT2D eigenvalue weighted by molar-refractivity contribution is 5.65. The quantitative estimate of drug-likeness (QED) is 0.476. The Bertz CT molecular complexity index is 1250. The fourth-order valence-electron chi connectivity index (χ4n) is 5.56. The highest BCUT2D eigenvalue weighted by Crippen LogP contribution is 2.38. The summed E-state index contributed by atoms with van der Waals surface area (Å²) >= 11 is 0. The Morgan fingerprint density at radius 3 is 2.55 bits per heavy atom. The minimum Gasteiger partial charge on any atom is -0.486 e. The first-order valence-corrected chi connectivity index (χ1v) is 13.5. The molecule has 5 rings (SSSR count). The average molecular weight is 524 g/mol. The van der Waals surface area contributed by atoms with Gasteiger partial charge in [-0.15, -0.1) is 15.3 Å². The normalized spacial score (nSPS) is 21.6. The second kappa shape index (κ2) is 10.7. The topological polar surface area (TPSA) is 131 Å². The van der Waals surface area contributed by atoms with Gasteiger partial charge in [0.25, 0.3) is 0 Å². The molecule has 38 heavy (non-hydrogen) atoms. The Balaban J connectivity index is 1.16. The maximum Gasteiger partial charge on any atom is 0.407 e. The Hall–Kier alpha value is -3.47. The van der Waals surface area contributed by atoms with Gasteiger partial charge in [-0.3, -0.25) is 0 Å². The molecule has 3 aromatic rings. The van der Waals surface area contributed by atoms with Crippen LogP contribution in [0.25, 0.3) is 0 Å². The molecule has 0 atom stereocenters. The molecule has 0 bridgehead atoms. The van der Waals surface area contributed by atoms with Crippen molar-refractivity contribution in [3.05, 3.63) is 53.4 Å². The molecule has 0 spiro atoms. The van der Waals surface area contributed by atoms with E-state index in [0.29, 0.717) is 50.1 Å². The summed E-state index contributed by atoms with van der Waals surface area (Å²) in [4.78, 5) is 12.5. The molecule has 204 valence electrons. The molecule has 3 heterocycles. The Morgan fingerprint density at radius 1 is 1.13 bits per heavy atom. The minimum atomic E-state index is -1.13. The summed E-state index contributed by atoms with van der Waals surface area (Å²) in [5.74, 6) is 3.39. The molecule has 0 unspecified atom stereocenters. The first kappa shape index (κ1) is 26.1. The number of aromatic nitrogens is 6. The summed E-state index contributed by atoms with van der Waals surface area (Å²) < 4.78 is 9.95. The van der Waals surface area contributed by atoms with Crippen LogP contribution in [0.15, 0.2) is 30.5 Å². The van der Waals surface area contributed by atoms with Gasteiger partial charge in [-0.05, 0) is 62.1 Å². The Morgan fingerprint density at radius 2 is 1.87 bits per heavy atom. The molecule has 1 amide bonds. The van der Waals surface area contributed by atoms with E-state index < -0.39 is 11.7 Å². The summed E-state index contributed by atoms with van der Waals surface area (Å²) in [5.41, 5.74) is 0.644. The minimum absolute atomic E-state index is 0.208. The molecule has 1 aliphatic carbocycles. The number of benzene rings is 1. The molecule has 11 heteroatoms. The molecule has 1 saturated carbocycles. The van der Waals surface area contributed by atoms with E-state index in [1.165, 1.54) is 10.5 Å². The van der Waals surface area contributed by atoms with Gasteiger partial charge in [0.15, 0.2) is 5.82 Å². The number of hydrogen-bond donors (Lipinski definition) is 2. The fraction of sp³-hybridized carbons (Fsp3) is 0.593. The SMILES string of the molecule is CC(C)c1cccc(OCc2nnc(C3CCC(n4cc(C5(O)CCN(C(=O)O)CC5)nn4)CC3)n2C)c1. The number of nitrogens with zero attached hydrogens (tertiary/aromatic N) is 7. The number of hydrogen-bond acceptors (Lipinski definition) is 7. The van der Waals surface area contributed by atoms with Gasteiger partial charge >= 0.3 is 6.09 Å². The number of carboxylic acid groups (broad SMARTS) is 1. The van der Waals surface area contributed by atoms with Crippen LogP contribution >= 0.6 is 0 Å². The third kappa shape index (κ3) is 5.38. The van der Waals surface area contributed by atoms with Crippen molar-refractivity contribution in [3.8, 4) is 5.75 Å². The zero-order chi connectivity index (χ0) is 26.9. The predicted molar refractivity (Wildman–Crippen MR) is 139 cm³/mol. The lowest BCUT2D eigenvalue weighted by molar-refractivity contribution is -0.0248. The van der Waals surface area contributed by atoms with Gasteiger partial charge in [0.1, 0.15) is 29.5 Å². The van der Waals surface area contributed by atoms with Crippen molar-refractivity contribution in [3.63, 3.8) is 0 Å². The zero-order valence-corrected chi connectivity index (χ0v) is 22.3. The van der Waals surface area contributed by atoms with Gasteiger partial charge in [-0.2, -0.15) is 0 Å². The van der Waals surface area contributed by atoms with Crippen molar-refractivity contribution in [1.29, 1.82) is 0 Å². The van der Waals surface area contributed by atoms with E-state index in [0.717, 1.165) is 43.1 Å². The van der Waals surface area contributed by atoms with Crippen LogP contribution in [0.5, 0.6) is 5.75 Å². The third-order valence-electron chi connectivity index (χ3n) is 8.18. The molecular weight excluding hydrogens is 486 g/mol. The van der Waals surface area contributed by atoms with Gasteiger partial charge in [-0.25, -0.2) is 9.48 Å². The van der Waals surface area contributed by atoms with Gasteiger partial charge in [-0.1, -0.05) is 31.2 Å². The van der Waals surface area contributed by atoms with Crippen LogP contribution in [-0.2, 0) is 19.3 Å². The van der Waals surface area contributed by atoms with Crippen LogP contribution < -0.4 is 4.74 Å². The van der Waals surface area contributed by atoms with Gasteiger partial charge in [0.05, 0.1) is 12.2 Å². The molecule has 1 saturated heterocycles. The third-order valence-corrected chi connectivity index (χ3v) is 8.18. The van der Waals surface area contributed by atoms with Crippen LogP contribution in [-0.4, -0.2) is 64.1 Å². The van der Waals surface area contributed by atoms with Crippen LogP contribution in [0.2, 0.25) is 0 Å².